The van der Waals surface area contributed by atoms with E-state index in [1.54, 1.807) is 30.3 Å². The topological polar surface area (TPSA) is 68.5 Å². The number of esters is 1. The highest BCUT2D eigenvalue weighted by atomic mass is 35.5. The predicted octanol–water partition coefficient (Wildman–Crippen LogP) is 5.12. The molecule has 5 nitrogen and oxygen atoms in total. The maximum absolute atomic E-state index is 12.1. The molecule has 1 amide bonds. The van der Waals surface area contributed by atoms with Crippen molar-refractivity contribution in [1.82, 2.24) is 0 Å². The van der Waals surface area contributed by atoms with Gasteiger partial charge in [-0.3, -0.25) is 4.79 Å². The number of para-hydroxylation sites is 1. The van der Waals surface area contributed by atoms with E-state index in [0.29, 0.717) is 22.0 Å². The highest BCUT2D eigenvalue weighted by Crippen LogP contribution is 2.29. The van der Waals surface area contributed by atoms with Gasteiger partial charge in [-0.05, 0) is 42.7 Å². The van der Waals surface area contributed by atoms with Crippen LogP contribution in [0.3, 0.4) is 0 Å². The summed E-state index contributed by atoms with van der Waals surface area (Å²) in [4.78, 5) is 25.1. The Bertz CT molecular complexity index is 970. The van der Waals surface area contributed by atoms with Crippen LogP contribution in [0.2, 0.25) is 5.02 Å². The molecule has 0 bridgehead atoms. The summed E-state index contributed by atoms with van der Waals surface area (Å²) in [6.07, 6.45) is 1.92. The number of hydrogen-bond donors (Lipinski definition) is 1. The smallest absolute Gasteiger partial charge is 0.374 e. The molecule has 0 atom stereocenters. The standard InChI is InChI=1S/C20H16ClNO4S/c1-27-18-9-5-4-8-15(18)22-19(23)12-25-20(24)17-11-10-16(26-17)13-6-2-3-7-14(13)21/h2-11H,12H2,1H3,(H,22,23). The van der Waals surface area contributed by atoms with E-state index in [9.17, 15) is 9.59 Å². The summed E-state index contributed by atoms with van der Waals surface area (Å²) >= 11 is 7.63. The second kappa shape index (κ2) is 8.79. The summed E-state index contributed by atoms with van der Waals surface area (Å²) in [5.41, 5.74) is 1.34. The molecule has 0 aliphatic rings. The first-order chi connectivity index (χ1) is 13.1. The van der Waals surface area contributed by atoms with Crippen molar-refractivity contribution in [3.63, 3.8) is 0 Å². The number of hydrogen-bond acceptors (Lipinski definition) is 5. The maximum atomic E-state index is 12.1. The molecule has 0 radical (unpaired) electrons. The lowest BCUT2D eigenvalue weighted by Gasteiger charge is -2.09. The SMILES string of the molecule is CSc1ccccc1NC(=O)COC(=O)c1ccc(-c2ccccc2Cl)o1. The van der Waals surface area contributed by atoms with E-state index in [1.165, 1.54) is 17.8 Å². The Morgan fingerprint density at radius 1 is 1.07 bits per heavy atom. The number of anilines is 1. The molecule has 0 aliphatic heterocycles. The van der Waals surface area contributed by atoms with Gasteiger partial charge in [0.05, 0.1) is 10.7 Å². The van der Waals surface area contributed by atoms with Crippen LogP contribution in [-0.2, 0) is 9.53 Å². The second-order valence-electron chi connectivity index (χ2n) is 5.47. The van der Waals surface area contributed by atoms with Crippen molar-refractivity contribution in [2.24, 2.45) is 0 Å². The number of benzene rings is 2. The third-order valence-electron chi connectivity index (χ3n) is 3.66. The van der Waals surface area contributed by atoms with Crippen molar-refractivity contribution in [2.75, 3.05) is 18.2 Å². The first-order valence-electron chi connectivity index (χ1n) is 8.03. The molecule has 1 aromatic heterocycles. The third kappa shape index (κ3) is 4.72. The number of furan rings is 1. The van der Waals surface area contributed by atoms with Crippen molar-refractivity contribution in [1.29, 1.82) is 0 Å². The van der Waals surface area contributed by atoms with E-state index in [-0.39, 0.29) is 5.76 Å². The monoisotopic (exact) mass is 401 g/mol. The van der Waals surface area contributed by atoms with Gasteiger partial charge in [-0.25, -0.2) is 4.79 Å². The van der Waals surface area contributed by atoms with Gasteiger partial charge < -0.3 is 14.5 Å². The van der Waals surface area contributed by atoms with Gasteiger partial charge in [-0.1, -0.05) is 35.9 Å². The summed E-state index contributed by atoms with van der Waals surface area (Å²) in [5.74, 6) is -0.697. The van der Waals surface area contributed by atoms with Crippen molar-refractivity contribution < 1.29 is 18.7 Å². The zero-order valence-electron chi connectivity index (χ0n) is 14.4. The Balaban J connectivity index is 1.60. The largest absolute Gasteiger partial charge is 0.450 e. The van der Waals surface area contributed by atoms with Crippen molar-refractivity contribution in [3.8, 4) is 11.3 Å². The Morgan fingerprint density at radius 3 is 2.59 bits per heavy atom. The minimum atomic E-state index is -0.721. The van der Waals surface area contributed by atoms with Crippen LogP contribution in [0.25, 0.3) is 11.3 Å². The maximum Gasteiger partial charge on any atom is 0.374 e. The first kappa shape index (κ1) is 19.1. The molecular weight excluding hydrogens is 386 g/mol. The zero-order chi connectivity index (χ0) is 19.2. The van der Waals surface area contributed by atoms with Crippen LogP contribution in [0, 0.1) is 0 Å². The van der Waals surface area contributed by atoms with Crippen LogP contribution in [-0.4, -0.2) is 24.7 Å². The Labute approximate surface area is 165 Å². The fourth-order valence-electron chi connectivity index (χ4n) is 2.39. The average molecular weight is 402 g/mol. The van der Waals surface area contributed by atoms with Crippen LogP contribution in [0.15, 0.2) is 70.0 Å². The minimum Gasteiger partial charge on any atom is -0.450 e. The van der Waals surface area contributed by atoms with Gasteiger partial charge in [0.1, 0.15) is 5.76 Å². The summed E-state index contributed by atoms with van der Waals surface area (Å²) < 4.78 is 10.5. The number of amides is 1. The van der Waals surface area contributed by atoms with Crippen LogP contribution >= 0.6 is 23.4 Å². The van der Waals surface area contributed by atoms with Gasteiger partial charge in [0.2, 0.25) is 5.76 Å². The van der Waals surface area contributed by atoms with Gasteiger partial charge in [0.25, 0.3) is 5.91 Å². The van der Waals surface area contributed by atoms with Crippen LogP contribution in [0.4, 0.5) is 5.69 Å². The lowest BCUT2D eigenvalue weighted by Crippen LogP contribution is -2.21. The van der Waals surface area contributed by atoms with Crippen LogP contribution < -0.4 is 5.32 Å². The molecule has 0 saturated heterocycles. The normalized spacial score (nSPS) is 10.4. The molecular formula is C20H16ClNO4S. The lowest BCUT2D eigenvalue weighted by atomic mass is 10.2. The number of carbonyl (C=O) groups excluding carboxylic acids is 2. The number of rotatable bonds is 6. The van der Waals surface area contributed by atoms with Gasteiger partial charge in [0, 0.05) is 10.5 Å². The van der Waals surface area contributed by atoms with E-state index in [1.807, 2.05) is 30.5 Å². The lowest BCUT2D eigenvalue weighted by molar-refractivity contribution is -0.119. The average Bonchev–Trinajstić information content (AvgIpc) is 3.17. The molecule has 1 heterocycles. The molecule has 0 spiro atoms. The fourth-order valence-corrected chi connectivity index (χ4v) is 3.17. The predicted molar refractivity (Wildman–Crippen MR) is 106 cm³/mol. The number of carbonyl (C=O) groups is 2. The van der Waals surface area contributed by atoms with E-state index in [2.05, 4.69) is 5.32 Å². The van der Waals surface area contributed by atoms with Crippen LogP contribution in [0.1, 0.15) is 10.6 Å². The van der Waals surface area contributed by atoms with Crippen molar-refractivity contribution >= 4 is 40.9 Å². The quantitative estimate of drug-likeness (QED) is 0.458. The first-order valence-corrected chi connectivity index (χ1v) is 9.63. The molecule has 1 N–H and O–H groups in total. The van der Waals surface area contributed by atoms with Crippen molar-refractivity contribution in [3.05, 3.63) is 71.4 Å². The van der Waals surface area contributed by atoms with E-state index in [4.69, 9.17) is 20.8 Å². The molecule has 0 unspecified atom stereocenters. The molecule has 7 heteroatoms. The summed E-state index contributed by atoms with van der Waals surface area (Å²) in [6.45, 7) is -0.413. The molecule has 0 saturated carbocycles. The van der Waals surface area contributed by atoms with Crippen molar-refractivity contribution in [2.45, 2.75) is 4.90 Å². The highest BCUT2D eigenvalue weighted by molar-refractivity contribution is 7.98. The second-order valence-corrected chi connectivity index (χ2v) is 6.72. The van der Waals surface area contributed by atoms with Gasteiger partial charge in [-0.15, -0.1) is 11.8 Å². The van der Waals surface area contributed by atoms with E-state index >= 15 is 0 Å². The zero-order valence-corrected chi connectivity index (χ0v) is 16.0. The molecule has 27 heavy (non-hydrogen) atoms. The number of halogens is 1. The van der Waals surface area contributed by atoms with Gasteiger partial charge >= 0.3 is 5.97 Å². The van der Waals surface area contributed by atoms with E-state index < -0.39 is 18.5 Å². The molecule has 0 fully saturated rings. The fraction of sp³-hybridized carbons (Fsp3) is 0.100. The summed E-state index contributed by atoms with van der Waals surface area (Å²) in [6, 6.07) is 17.6. The number of nitrogens with one attached hydrogen (secondary N) is 1. The third-order valence-corrected chi connectivity index (χ3v) is 4.79. The van der Waals surface area contributed by atoms with E-state index in [0.717, 1.165) is 4.90 Å². The molecule has 3 aromatic rings. The van der Waals surface area contributed by atoms with Crippen LogP contribution in [0.5, 0.6) is 0 Å². The molecule has 2 aromatic carbocycles. The summed E-state index contributed by atoms with van der Waals surface area (Å²) in [5, 5.41) is 3.23. The van der Waals surface area contributed by atoms with Gasteiger partial charge in [0.15, 0.2) is 6.61 Å². The number of ether oxygens (including phenoxy) is 1. The Kier molecular flexibility index (Phi) is 6.21. The minimum absolute atomic E-state index is 0.00207. The molecule has 0 aliphatic carbocycles. The highest BCUT2D eigenvalue weighted by Gasteiger charge is 2.16. The Hall–Kier alpha value is -2.70. The van der Waals surface area contributed by atoms with Gasteiger partial charge in [-0.2, -0.15) is 0 Å². The number of thioether (sulfide) groups is 1. The molecule has 138 valence electrons. The summed E-state index contributed by atoms with van der Waals surface area (Å²) in [7, 11) is 0. The Morgan fingerprint density at radius 2 is 1.81 bits per heavy atom. The molecule has 3 rings (SSSR count).